The Bertz CT molecular complexity index is 688. The average Bonchev–Trinajstić information content (AvgIpc) is 2.78. The summed E-state index contributed by atoms with van der Waals surface area (Å²) >= 11 is 1.21. The van der Waals surface area contributed by atoms with Gasteiger partial charge in [-0.3, -0.25) is 14.5 Å². The minimum atomic E-state index is -0.0549. The zero-order valence-electron chi connectivity index (χ0n) is 13.1. The second kappa shape index (κ2) is 7.38. The minimum absolute atomic E-state index is 0.0509. The molecule has 5 nitrogen and oxygen atoms in total. The molecule has 0 aliphatic heterocycles. The molecular formula is C16H21N3O2S. The average molecular weight is 319 g/mol. The van der Waals surface area contributed by atoms with Gasteiger partial charge in [0.05, 0.1) is 6.54 Å². The van der Waals surface area contributed by atoms with E-state index in [-0.39, 0.29) is 10.8 Å². The number of likely N-dealkylation sites (N-methyl/N-ethyl adjacent to an activating group) is 1. The Hall–Kier alpha value is -1.92. The van der Waals surface area contributed by atoms with Crippen LogP contribution in [0, 0.1) is 13.8 Å². The molecule has 1 N–H and O–H groups in total. The molecule has 0 saturated heterocycles. The number of carbonyl (C=O) groups is 1. The molecule has 1 amide bonds. The molecule has 1 aromatic carbocycles. The van der Waals surface area contributed by atoms with E-state index < -0.39 is 0 Å². The predicted molar refractivity (Wildman–Crippen MR) is 90.6 cm³/mol. The lowest BCUT2D eigenvalue weighted by molar-refractivity contribution is -0.117. The fourth-order valence-corrected chi connectivity index (χ4v) is 2.87. The molecule has 0 atom stereocenters. The highest BCUT2D eigenvalue weighted by Gasteiger charge is 2.08. The Kier molecular flexibility index (Phi) is 5.51. The summed E-state index contributed by atoms with van der Waals surface area (Å²) in [6.45, 7) is 5.48. The van der Waals surface area contributed by atoms with E-state index in [9.17, 15) is 9.59 Å². The van der Waals surface area contributed by atoms with Crippen LogP contribution in [0.3, 0.4) is 0 Å². The number of nitrogens with zero attached hydrogens (tertiary/aromatic N) is 2. The molecule has 118 valence electrons. The Morgan fingerprint density at radius 3 is 2.55 bits per heavy atom. The first-order chi connectivity index (χ1) is 10.5. The van der Waals surface area contributed by atoms with Gasteiger partial charge in [0.15, 0.2) is 0 Å². The maximum Gasteiger partial charge on any atom is 0.307 e. The van der Waals surface area contributed by atoms with Crippen molar-refractivity contribution < 1.29 is 4.79 Å². The van der Waals surface area contributed by atoms with E-state index in [0.29, 0.717) is 19.6 Å². The summed E-state index contributed by atoms with van der Waals surface area (Å²) in [6, 6.07) is 7.71. The SMILES string of the molecule is Cc1ccc(NC(=O)CN(C)CCn2c(C)csc2=O)cc1. The Morgan fingerprint density at radius 1 is 1.27 bits per heavy atom. The van der Waals surface area contributed by atoms with Crippen LogP contribution in [0.2, 0.25) is 0 Å². The molecule has 22 heavy (non-hydrogen) atoms. The second-order valence-corrected chi connectivity index (χ2v) is 6.27. The third kappa shape index (κ3) is 4.54. The molecule has 1 aromatic heterocycles. The topological polar surface area (TPSA) is 54.3 Å². The van der Waals surface area contributed by atoms with E-state index in [2.05, 4.69) is 5.32 Å². The number of carbonyl (C=O) groups excluding carboxylic acids is 1. The van der Waals surface area contributed by atoms with Crippen molar-refractivity contribution in [2.45, 2.75) is 20.4 Å². The summed E-state index contributed by atoms with van der Waals surface area (Å²) in [6.07, 6.45) is 0. The van der Waals surface area contributed by atoms with Crippen LogP contribution < -0.4 is 10.2 Å². The molecule has 0 fully saturated rings. The third-order valence-corrected chi connectivity index (χ3v) is 4.31. The summed E-state index contributed by atoms with van der Waals surface area (Å²) in [5, 5.41) is 4.72. The summed E-state index contributed by atoms with van der Waals surface area (Å²) in [5.41, 5.74) is 2.92. The van der Waals surface area contributed by atoms with Gasteiger partial charge in [0, 0.05) is 29.9 Å². The van der Waals surface area contributed by atoms with Crippen molar-refractivity contribution in [3.05, 3.63) is 50.6 Å². The monoisotopic (exact) mass is 319 g/mol. The molecule has 2 aromatic rings. The van der Waals surface area contributed by atoms with E-state index in [4.69, 9.17) is 0 Å². The van der Waals surface area contributed by atoms with Crippen LogP contribution in [-0.2, 0) is 11.3 Å². The number of thiazole rings is 1. The van der Waals surface area contributed by atoms with Crippen LogP contribution in [0.1, 0.15) is 11.3 Å². The van der Waals surface area contributed by atoms with E-state index in [0.717, 1.165) is 16.9 Å². The van der Waals surface area contributed by atoms with E-state index in [1.54, 1.807) is 4.57 Å². The molecule has 0 aliphatic carbocycles. The second-order valence-electron chi connectivity index (χ2n) is 5.45. The third-order valence-electron chi connectivity index (χ3n) is 3.43. The largest absolute Gasteiger partial charge is 0.325 e. The Balaban J connectivity index is 1.81. The van der Waals surface area contributed by atoms with Gasteiger partial charge >= 0.3 is 4.87 Å². The van der Waals surface area contributed by atoms with E-state index in [1.165, 1.54) is 11.3 Å². The van der Waals surface area contributed by atoms with Gasteiger partial charge in [0.25, 0.3) is 0 Å². The van der Waals surface area contributed by atoms with E-state index >= 15 is 0 Å². The minimum Gasteiger partial charge on any atom is -0.325 e. The first-order valence-electron chi connectivity index (χ1n) is 7.15. The maximum atomic E-state index is 12.0. The summed E-state index contributed by atoms with van der Waals surface area (Å²) in [7, 11) is 1.88. The van der Waals surface area contributed by atoms with Gasteiger partial charge in [0.2, 0.25) is 5.91 Å². The molecule has 0 saturated carbocycles. The van der Waals surface area contributed by atoms with Crippen LogP contribution in [0.15, 0.2) is 34.4 Å². The highest BCUT2D eigenvalue weighted by atomic mass is 32.1. The van der Waals surface area contributed by atoms with Crippen LogP contribution in [-0.4, -0.2) is 35.5 Å². The normalized spacial score (nSPS) is 10.9. The van der Waals surface area contributed by atoms with Gasteiger partial charge in [-0.1, -0.05) is 29.0 Å². The van der Waals surface area contributed by atoms with Crippen LogP contribution in [0.5, 0.6) is 0 Å². The molecule has 0 aliphatic rings. The molecule has 2 rings (SSSR count). The molecule has 0 unspecified atom stereocenters. The quantitative estimate of drug-likeness (QED) is 0.887. The zero-order valence-corrected chi connectivity index (χ0v) is 13.9. The molecule has 6 heteroatoms. The molecular weight excluding hydrogens is 298 g/mol. The van der Waals surface area contributed by atoms with Crippen molar-refractivity contribution in [2.24, 2.45) is 0 Å². The van der Waals surface area contributed by atoms with E-state index in [1.807, 2.05) is 55.4 Å². The van der Waals surface area contributed by atoms with Gasteiger partial charge in [-0.2, -0.15) is 0 Å². The predicted octanol–water partition coefficient (Wildman–Crippen LogP) is 2.10. The number of aromatic nitrogens is 1. The number of rotatable bonds is 6. The van der Waals surface area contributed by atoms with Crippen molar-refractivity contribution in [3.8, 4) is 0 Å². The highest BCUT2D eigenvalue weighted by molar-refractivity contribution is 7.07. The molecule has 0 radical (unpaired) electrons. The first-order valence-corrected chi connectivity index (χ1v) is 8.03. The van der Waals surface area contributed by atoms with Crippen molar-refractivity contribution in [1.82, 2.24) is 9.47 Å². The highest BCUT2D eigenvalue weighted by Crippen LogP contribution is 2.08. The van der Waals surface area contributed by atoms with Crippen molar-refractivity contribution in [1.29, 1.82) is 0 Å². The van der Waals surface area contributed by atoms with Gasteiger partial charge in [-0.05, 0) is 33.0 Å². The van der Waals surface area contributed by atoms with Gasteiger partial charge in [-0.25, -0.2) is 0 Å². The lowest BCUT2D eigenvalue weighted by Gasteiger charge is -2.17. The van der Waals surface area contributed by atoms with Gasteiger partial charge in [-0.15, -0.1) is 0 Å². The lowest BCUT2D eigenvalue weighted by atomic mass is 10.2. The molecule has 1 heterocycles. The van der Waals surface area contributed by atoms with Gasteiger partial charge < -0.3 is 9.88 Å². The smallest absolute Gasteiger partial charge is 0.307 e. The number of hydrogen-bond acceptors (Lipinski definition) is 4. The van der Waals surface area contributed by atoms with Crippen molar-refractivity contribution in [2.75, 3.05) is 25.5 Å². The van der Waals surface area contributed by atoms with Crippen LogP contribution >= 0.6 is 11.3 Å². The Morgan fingerprint density at radius 2 is 1.95 bits per heavy atom. The summed E-state index contributed by atoms with van der Waals surface area (Å²) in [4.78, 5) is 25.6. The summed E-state index contributed by atoms with van der Waals surface area (Å²) < 4.78 is 1.74. The number of nitrogens with one attached hydrogen (secondary N) is 1. The number of hydrogen-bond donors (Lipinski definition) is 1. The lowest BCUT2D eigenvalue weighted by Crippen LogP contribution is -2.33. The van der Waals surface area contributed by atoms with Gasteiger partial charge in [0.1, 0.15) is 0 Å². The van der Waals surface area contributed by atoms with Crippen LogP contribution in [0.25, 0.3) is 0 Å². The fourth-order valence-electron chi connectivity index (χ4n) is 2.11. The molecule has 0 spiro atoms. The van der Waals surface area contributed by atoms with Crippen molar-refractivity contribution >= 4 is 22.9 Å². The summed E-state index contributed by atoms with van der Waals surface area (Å²) in [5.74, 6) is -0.0549. The number of amides is 1. The number of anilines is 1. The number of benzene rings is 1. The Labute approximate surface area is 134 Å². The standard InChI is InChI=1S/C16H21N3O2S/c1-12-4-6-14(7-5-12)17-15(20)10-18(3)8-9-19-13(2)11-22-16(19)21/h4-7,11H,8-10H2,1-3H3,(H,17,20). The fraction of sp³-hybridized carbons (Fsp3) is 0.375. The zero-order chi connectivity index (χ0) is 16.1. The van der Waals surface area contributed by atoms with Crippen LogP contribution in [0.4, 0.5) is 5.69 Å². The van der Waals surface area contributed by atoms with Crippen molar-refractivity contribution in [3.63, 3.8) is 0 Å². The first kappa shape index (κ1) is 16.5. The maximum absolute atomic E-state index is 12.0. The number of aryl methyl sites for hydroxylation is 2. The molecule has 0 bridgehead atoms.